The molecule has 0 aliphatic carbocycles. The van der Waals surface area contributed by atoms with Crippen molar-refractivity contribution in [2.24, 2.45) is 5.92 Å². The van der Waals surface area contributed by atoms with Crippen LogP contribution in [-0.2, 0) is 11.2 Å². The zero-order valence-electron chi connectivity index (χ0n) is 15.1. The Balaban J connectivity index is 1.56. The first kappa shape index (κ1) is 18.0. The highest BCUT2D eigenvalue weighted by Gasteiger charge is 2.28. The van der Waals surface area contributed by atoms with E-state index in [9.17, 15) is 9.59 Å². The lowest BCUT2D eigenvalue weighted by Crippen LogP contribution is -2.45. The Morgan fingerprint density at radius 1 is 1.00 bits per heavy atom. The minimum Gasteiger partial charge on any atom is -0.326 e. The lowest BCUT2D eigenvalue weighted by atomic mass is 9.97. The number of hydrogen-bond acceptors (Lipinski definition) is 2. The van der Waals surface area contributed by atoms with Gasteiger partial charge in [-0.3, -0.25) is 4.79 Å². The molecule has 136 valence electrons. The van der Waals surface area contributed by atoms with E-state index >= 15 is 0 Å². The van der Waals surface area contributed by atoms with Gasteiger partial charge in [0.25, 0.3) is 0 Å². The first-order valence-electron chi connectivity index (χ1n) is 9.16. The molecule has 2 aromatic rings. The molecule has 1 aliphatic rings. The SMILES string of the molecule is CCc1ccc(NC(=O)[C@@H]2CCCN(C(=O)Nc3ccccc3)C2)cc1. The van der Waals surface area contributed by atoms with Gasteiger partial charge < -0.3 is 15.5 Å². The van der Waals surface area contributed by atoms with E-state index in [0.717, 1.165) is 30.6 Å². The molecule has 1 heterocycles. The van der Waals surface area contributed by atoms with Crippen molar-refractivity contribution in [1.29, 1.82) is 0 Å². The second-order valence-electron chi connectivity index (χ2n) is 6.62. The van der Waals surface area contributed by atoms with Crippen molar-refractivity contribution in [1.82, 2.24) is 4.90 Å². The predicted molar refractivity (Wildman–Crippen MR) is 104 cm³/mol. The predicted octanol–water partition coefficient (Wildman–Crippen LogP) is 4.13. The van der Waals surface area contributed by atoms with Crippen LogP contribution in [0.2, 0.25) is 0 Å². The Morgan fingerprint density at radius 2 is 1.69 bits per heavy atom. The van der Waals surface area contributed by atoms with Gasteiger partial charge in [-0.25, -0.2) is 4.79 Å². The number of carbonyl (C=O) groups excluding carboxylic acids is 2. The number of anilines is 2. The summed E-state index contributed by atoms with van der Waals surface area (Å²) in [5, 5.41) is 5.86. The summed E-state index contributed by atoms with van der Waals surface area (Å²) in [5.41, 5.74) is 2.81. The summed E-state index contributed by atoms with van der Waals surface area (Å²) in [4.78, 5) is 26.7. The number of aryl methyl sites for hydroxylation is 1. The van der Waals surface area contributed by atoms with Gasteiger partial charge in [-0.15, -0.1) is 0 Å². The summed E-state index contributed by atoms with van der Waals surface area (Å²) < 4.78 is 0. The second kappa shape index (κ2) is 8.52. The fourth-order valence-corrected chi connectivity index (χ4v) is 3.17. The van der Waals surface area contributed by atoms with Crippen LogP contribution in [0.15, 0.2) is 54.6 Å². The highest BCUT2D eigenvalue weighted by molar-refractivity contribution is 5.94. The number of rotatable bonds is 4. The zero-order valence-corrected chi connectivity index (χ0v) is 15.1. The fourth-order valence-electron chi connectivity index (χ4n) is 3.17. The lowest BCUT2D eigenvalue weighted by molar-refractivity contribution is -0.121. The van der Waals surface area contributed by atoms with Crippen LogP contribution in [0.5, 0.6) is 0 Å². The Labute approximate surface area is 154 Å². The number of para-hydroxylation sites is 1. The Bertz CT molecular complexity index is 744. The average Bonchev–Trinajstić information content (AvgIpc) is 2.69. The Morgan fingerprint density at radius 3 is 2.38 bits per heavy atom. The fraction of sp³-hybridized carbons (Fsp3) is 0.333. The normalized spacial score (nSPS) is 16.8. The summed E-state index contributed by atoms with van der Waals surface area (Å²) in [6, 6.07) is 17.1. The monoisotopic (exact) mass is 351 g/mol. The van der Waals surface area contributed by atoms with E-state index in [2.05, 4.69) is 17.6 Å². The van der Waals surface area contributed by atoms with Gasteiger partial charge >= 0.3 is 6.03 Å². The van der Waals surface area contributed by atoms with Gasteiger partial charge in [-0.2, -0.15) is 0 Å². The number of benzene rings is 2. The van der Waals surface area contributed by atoms with Crippen molar-refractivity contribution < 1.29 is 9.59 Å². The quantitative estimate of drug-likeness (QED) is 0.870. The molecule has 0 radical (unpaired) electrons. The van der Waals surface area contributed by atoms with Crippen molar-refractivity contribution >= 4 is 23.3 Å². The molecule has 0 saturated carbocycles. The van der Waals surface area contributed by atoms with Crippen molar-refractivity contribution in [3.63, 3.8) is 0 Å². The largest absolute Gasteiger partial charge is 0.326 e. The maximum atomic E-state index is 12.6. The molecular weight excluding hydrogens is 326 g/mol. The highest BCUT2D eigenvalue weighted by Crippen LogP contribution is 2.20. The van der Waals surface area contributed by atoms with Crippen molar-refractivity contribution in [2.45, 2.75) is 26.2 Å². The van der Waals surface area contributed by atoms with Gasteiger partial charge in [0.1, 0.15) is 0 Å². The molecule has 0 bridgehead atoms. The molecule has 5 heteroatoms. The first-order chi connectivity index (χ1) is 12.7. The first-order valence-corrected chi connectivity index (χ1v) is 9.16. The van der Waals surface area contributed by atoms with Crippen LogP contribution in [0.25, 0.3) is 0 Å². The smallest absolute Gasteiger partial charge is 0.321 e. The Hall–Kier alpha value is -2.82. The summed E-state index contributed by atoms with van der Waals surface area (Å²) in [6.07, 6.45) is 2.60. The molecular formula is C21H25N3O2. The summed E-state index contributed by atoms with van der Waals surface area (Å²) >= 11 is 0. The van der Waals surface area contributed by atoms with Gasteiger partial charge in [-0.05, 0) is 49.1 Å². The van der Waals surface area contributed by atoms with Crippen LogP contribution in [0.3, 0.4) is 0 Å². The van der Waals surface area contributed by atoms with Crippen LogP contribution in [0, 0.1) is 5.92 Å². The molecule has 1 saturated heterocycles. The summed E-state index contributed by atoms with van der Waals surface area (Å²) in [7, 11) is 0. The zero-order chi connectivity index (χ0) is 18.4. The molecule has 0 spiro atoms. The van der Waals surface area contributed by atoms with Crippen LogP contribution in [0.4, 0.5) is 16.2 Å². The minimum atomic E-state index is -0.184. The van der Waals surface area contributed by atoms with Crippen LogP contribution < -0.4 is 10.6 Å². The summed E-state index contributed by atoms with van der Waals surface area (Å²) in [6.45, 7) is 3.22. The van der Waals surface area contributed by atoms with Crippen molar-refractivity contribution in [2.75, 3.05) is 23.7 Å². The maximum absolute atomic E-state index is 12.6. The average molecular weight is 351 g/mol. The maximum Gasteiger partial charge on any atom is 0.321 e. The second-order valence-corrected chi connectivity index (χ2v) is 6.62. The van der Waals surface area contributed by atoms with Crippen molar-refractivity contribution in [3.05, 3.63) is 60.2 Å². The van der Waals surface area contributed by atoms with E-state index in [1.165, 1.54) is 5.56 Å². The highest BCUT2D eigenvalue weighted by atomic mass is 16.2. The summed E-state index contributed by atoms with van der Waals surface area (Å²) in [5.74, 6) is -0.206. The molecule has 5 nitrogen and oxygen atoms in total. The van der Waals surface area contributed by atoms with E-state index in [1.807, 2.05) is 54.6 Å². The molecule has 3 rings (SSSR count). The van der Waals surface area contributed by atoms with E-state index in [-0.39, 0.29) is 17.9 Å². The number of carbonyl (C=O) groups is 2. The molecule has 26 heavy (non-hydrogen) atoms. The standard InChI is InChI=1S/C21H25N3O2/c1-2-16-10-12-19(13-11-16)22-20(25)17-7-6-14-24(15-17)21(26)23-18-8-4-3-5-9-18/h3-5,8-13,17H,2,6-7,14-15H2,1H3,(H,22,25)(H,23,26)/t17-/m1/s1. The third-order valence-corrected chi connectivity index (χ3v) is 4.73. The van der Waals surface area contributed by atoms with Crippen LogP contribution in [-0.4, -0.2) is 29.9 Å². The minimum absolute atomic E-state index is 0.0218. The van der Waals surface area contributed by atoms with Gasteiger partial charge in [0.15, 0.2) is 0 Å². The number of hydrogen-bond donors (Lipinski definition) is 2. The van der Waals surface area contributed by atoms with Gasteiger partial charge in [0, 0.05) is 24.5 Å². The third kappa shape index (κ3) is 4.63. The molecule has 1 fully saturated rings. The number of nitrogens with one attached hydrogen (secondary N) is 2. The lowest BCUT2D eigenvalue weighted by Gasteiger charge is -2.32. The van der Waals surface area contributed by atoms with E-state index in [0.29, 0.717) is 13.1 Å². The Kier molecular flexibility index (Phi) is 5.89. The van der Waals surface area contributed by atoms with Gasteiger partial charge in [0.05, 0.1) is 5.92 Å². The number of amides is 3. The number of urea groups is 1. The molecule has 3 amide bonds. The van der Waals surface area contributed by atoms with E-state index in [1.54, 1.807) is 4.90 Å². The number of nitrogens with zero attached hydrogens (tertiary/aromatic N) is 1. The molecule has 2 aromatic carbocycles. The van der Waals surface area contributed by atoms with Crippen LogP contribution in [0.1, 0.15) is 25.3 Å². The van der Waals surface area contributed by atoms with Crippen molar-refractivity contribution in [3.8, 4) is 0 Å². The van der Waals surface area contributed by atoms with Gasteiger partial charge in [-0.1, -0.05) is 37.3 Å². The van der Waals surface area contributed by atoms with Gasteiger partial charge in [0.2, 0.25) is 5.91 Å². The molecule has 0 aromatic heterocycles. The molecule has 0 unspecified atom stereocenters. The van der Waals surface area contributed by atoms with Crippen LogP contribution >= 0.6 is 0 Å². The third-order valence-electron chi connectivity index (χ3n) is 4.73. The van der Waals surface area contributed by atoms with E-state index in [4.69, 9.17) is 0 Å². The molecule has 2 N–H and O–H groups in total. The topological polar surface area (TPSA) is 61.4 Å². The van der Waals surface area contributed by atoms with E-state index < -0.39 is 0 Å². The number of likely N-dealkylation sites (tertiary alicyclic amines) is 1. The molecule has 1 atom stereocenters. The number of piperidine rings is 1. The molecule has 1 aliphatic heterocycles.